The molecule has 2 rings (SSSR count). The van der Waals surface area contributed by atoms with E-state index in [9.17, 15) is 29.8 Å². The number of nitrogens with one attached hydrogen (secondary N) is 2. The third kappa shape index (κ3) is 9.81. The topological polar surface area (TPSA) is 144 Å². The average Bonchev–Trinajstić information content (AvgIpc) is 2.85. The van der Waals surface area contributed by atoms with E-state index >= 15 is 0 Å². The van der Waals surface area contributed by atoms with Crippen LogP contribution in [0.5, 0.6) is 0 Å². The van der Waals surface area contributed by atoms with Crippen LogP contribution >= 0.6 is 0 Å². The summed E-state index contributed by atoms with van der Waals surface area (Å²) in [5, 5.41) is 27.0. The Labute approximate surface area is 210 Å². The van der Waals surface area contributed by atoms with Crippen LogP contribution in [0.15, 0.2) is 48.5 Å². The van der Waals surface area contributed by atoms with Crippen molar-refractivity contribution in [2.75, 3.05) is 10.6 Å². The van der Waals surface area contributed by atoms with Crippen LogP contribution in [-0.2, 0) is 9.59 Å². The fourth-order valence-electron chi connectivity index (χ4n) is 3.83. The van der Waals surface area contributed by atoms with E-state index in [-0.39, 0.29) is 11.4 Å². The van der Waals surface area contributed by atoms with E-state index in [1.54, 1.807) is 0 Å². The standard InChI is InChI=1S/C26H34N4O6/c1-2-3-4-5-6-7-8-9-10-11-24(25(31)27-20-12-16-22(17-13-20)29(33)34)26(32)28-21-14-18-23(19-15-21)30(35)36/h12-19,24H,2-11H2,1H3,(H,27,31)(H,28,32). The van der Waals surface area contributed by atoms with Gasteiger partial charge in [0.15, 0.2) is 0 Å². The Balaban J connectivity index is 1.98. The molecule has 0 saturated heterocycles. The molecular formula is C26H34N4O6. The molecule has 0 aliphatic heterocycles. The van der Waals surface area contributed by atoms with Crippen LogP contribution < -0.4 is 10.6 Å². The first-order chi connectivity index (χ1) is 17.3. The van der Waals surface area contributed by atoms with Crippen LogP contribution in [0.3, 0.4) is 0 Å². The number of hydrogen-bond donors (Lipinski definition) is 2. The highest BCUT2D eigenvalue weighted by Gasteiger charge is 2.27. The van der Waals surface area contributed by atoms with Crippen molar-refractivity contribution in [3.63, 3.8) is 0 Å². The molecule has 2 aromatic rings. The second kappa shape index (κ2) is 15.2. The quantitative estimate of drug-likeness (QED) is 0.115. The fraction of sp³-hybridized carbons (Fsp3) is 0.462. The molecule has 194 valence electrons. The Hall–Kier alpha value is -3.82. The second-order valence-corrected chi connectivity index (χ2v) is 8.76. The Morgan fingerprint density at radius 2 is 1.03 bits per heavy atom. The lowest BCUT2D eigenvalue weighted by Crippen LogP contribution is -2.34. The Morgan fingerprint density at radius 3 is 1.39 bits per heavy atom. The molecule has 0 heterocycles. The normalized spacial score (nSPS) is 10.7. The molecule has 0 aliphatic carbocycles. The number of rotatable bonds is 16. The predicted octanol–water partition coefficient (Wildman–Crippen LogP) is 6.62. The Kier molecular flexibility index (Phi) is 12.0. The molecule has 0 aromatic heterocycles. The number of benzene rings is 2. The molecule has 0 radical (unpaired) electrons. The van der Waals surface area contributed by atoms with Gasteiger partial charge in [0.1, 0.15) is 5.92 Å². The molecule has 0 spiro atoms. The van der Waals surface area contributed by atoms with Crippen molar-refractivity contribution in [2.24, 2.45) is 5.92 Å². The number of carbonyl (C=O) groups excluding carboxylic acids is 2. The number of nitro groups is 2. The van der Waals surface area contributed by atoms with Gasteiger partial charge in [0.2, 0.25) is 11.8 Å². The molecule has 0 fully saturated rings. The van der Waals surface area contributed by atoms with E-state index in [0.29, 0.717) is 24.2 Å². The SMILES string of the molecule is CCCCCCCCCCCC(C(=O)Nc1ccc([N+](=O)[O-])cc1)C(=O)Nc1ccc([N+](=O)[O-])cc1. The zero-order chi connectivity index (χ0) is 26.3. The van der Waals surface area contributed by atoms with E-state index in [1.165, 1.54) is 80.6 Å². The zero-order valence-corrected chi connectivity index (χ0v) is 20.6. The monoisotopic (exact) mass is 498 g/mol. The summed E-state index contributed by atoms with van der Waals surface area (Å²) in [4.78, 5) is 46.6. The Bertz CT molecular complexity index is 937. The third-order valence-corrected chi connectivity index (χ3v) is 5.92. The molecule has 0 aliphatic rings. The summed E-state index contributed by atoms with van der Waals surface area (Å²) in [6.07, 6.45) is 10.2. The molecule has 2 amide bonds. The summed E-state index contributed by atoms with van der Waals surface area (Å²) in [7, 11) is 0. The number of unbranched alkanes of at least 4 members (excludes halogenated alkanes) is 8. The van der Waals surface area contributed by atoms with Gasteiger partial charge < -0.3 is 10.6 Å². The molecule has 0 unspecified atom stereocenters. The van der Waals surface area contributed by atoms with Gasteiger partial charge in [0.05, 0.1) is 9.85 Å². The van der Waals surface area contributed by atoms with Gasteiger partial charge in [-0.25, -0.2) is 0 Å². The smallest absolute Gasteiger partial charge is 0.269 e. The Morgan fingerprint density at radius 1 is 0.667 bits per heavy atom. The first kappa shape index (κ1) is 28.4. The summed E-state index contributed by atoms with van der Waals surface area (Å²) < 4.78 is 0. The summed E-state index contributed by atoms with van der Waals surface area (Å²) in [5.74, 6) is -2.01. The van der Waals surface area contributed by atoms with E-state index in [4.69, 9.17) is 0 Å². The minimum absolute atomic E-state index is 0.102. The van der Waals surface area contributed by atoms with Crippen molar-refractivity contribution in [1.82, 2.24) is 0 Å². The van der Waals surface area contributed by atoms with Crippen molar-refractivity contribution < 1.29 is 19.4 Å². The van der Waals surface area contributed by atoms with Gasteiger partial charge in [-0.1, -0.05) is 64.7 Å². The predicted molar refractivity (Wildman–Crippen MR) is 139 cm³/mol. The number of amides is 2. The lowest BCUT2D eigenvalue weighted by atomic mass is 9.97. The highest BCUT2D eigenvalue weighted by atomic mass is 16.6. The molecule has 2 N–H and O–H groups in total. The molecule has 0 atom stereocenters. The van der Waals surface area contributed by atoms with Gasteiger partial charge in [0.25, 0.3) is 11.4 Å². The molecule has 10 heteroatoms. The summed E-state index contributed by atoms with van der Waals surface area (Å²) >= 11 is 0. The van der Waals surface area contributed by atoms with Crippen LogP contribution in [0.1, 0.15) is 71.1 Å². The second-order valence-electron chi connectivity index (χ2n) is 8.76. The lowest BCUT2D eigenvalue weighted by Gasteiger charge is -2.17. The minimum atomic E-state index is -0.986. The van der Waals surface area contributed by atoms with E-state index in [0.717, 1.165) is 19.3 Å². The molecule has 0 bridgehead atoms. The maximum atomic E-state index is 13.0. The first-order valence-electron chi connectivity index (χ1n) is 12.4. The maximum Gasteiger partial charge on any atom is 0.269 e. The minimum Gasteiger partial charge on any atom is -0.325 e. The van der Waals surface area contributed by atoms with Gasteiger partial charge in [-0.15, -0.1) is 0 Å². The number of non-ortho nitro benzene ring substituents is 2. The van der Waals surface area contributed by atoms with Crippen LogP contribution in [0.4, 0.5) is 22.7 Å². The molecule has 36 heavy (non-hydrogen) atoms. The lowest BCUT2D eigenvalue weighted by molar-refractivity contribution is -0.385. The number of carbonyl (C=O) groups is 2. The van der Waals surface area contributed by atoms with Gasteiger partial charge in [-0.3, -0.25) is 29.8 Å². The van der Waals surface area contributed by atoms with Crippen molar-refractivity contribution in [2.45, 2.75) is 71.1 Å². The highest BCUT2D eigenvalue weighted by Crippen LogP contribution is 2.21. The summed E-state index contributed by atoms with van der Waals surface area (Å²) in [6, 6.07) is 10.8. The highest BCUT2D eigenvalue weighted by molar-refractivity contribution is 6.10. The van der Waals surface area contributed by atoms with E-state index < -0.39 is 27.6 Å². The molecular weight excluding hydrogens is 464 g/mol. The molecule has 2 aromatic carbocycles. The van der Waals surface area contributed by atoms with Crippen molar-refractivity contribution in [1.29, 1.82) is 0 Å². The summed E-state index contributed by atoms with van der Waals surface area (Å²) in [5.41, 5.74) is 0.502. The largest absolute Gasteiger partial charge is 0.325 e. The van der Waals surface area contributed by atoms with Crippen LogP contribution in [0.2, 0.25) is 0 Å². The van der Waals surface area contributed by atoms with Gasteiger partial charge >= 0.3 is 0 Å². The average molecular weight is 499 g/mol. The third-order valence-electron chi connectivity index (χ3n) is 5.92. The number of nitro benzene ring substituents is 2. The van der Waals surface area contributed by atoms with Gasteiger partial charge in [0, 0.05) is 35.6 Å². The van der Waals surface area contributed by atoms with Crippen molar-refractivity contribution in [3.05, 3.63) is 68.8 Å². The molecule has 10 nitrogen and oxygen atoms in total. The van der Waals surface area contributed by atoms with Crippen molar-refractivity contribution in [3.8, 4) is 0 Å². The zero-order valence-electron chi connectivity index (χ0n) is 20.6. The van der Waals surface area contributed by atoms with Crippen LogP contribution in [-0.4, -0.2) is 21.7 Å². The first-order valence-corrected chi connectivity index (χ1v) is 12.4. The fourth-order valence-corrected chi connectivity index (χ4v) is 3.83. The number of anilines is 2. The maximum absolute atomic E-state index is 13.0. The molecule has 0 saturated carbocycles. The summed E-state index contributed by atoms with van der Waals surface area (Å²) in [6.45, 7) is 2.19. The van der Waals surface area contributed by atoms with Crippen LogP contribution in [0.25, 0.3) is 0 Å². The van der Waals surface area contributed by atoms with Gasteiger partial charge in [-0.05, 0) is 30.7 Å². The van der Waals surface area contributed by atoms with Crippen LogP contribution in [0, 0.1) is 26.1 Å². The van der Waals surface area contributed by atoms with Crippen molar-refractivity contribution >= 4 is 34.6 Å². The number of nitrogens with zero attached hydrogens (tertiary/aromatic N) is 2. The van der Waals surface area contributed by atoms with E-state index in [2.05, 4.69) is 17.6 Å². The van der Waals surface area contributed by atoms with E-state index in [1.807, 2.05) is 0 Å². The van der Waals surface area contributed by atoms with Gasteiger partial charge in [-0.2, -0.15) is 0 Å². The number of hydrogen-bond acceptors (Lipinski definition) is 6.